The molecule has 3 rings (SSSR count). The molecule has 1 atom stereocenters. The van der Waals surface area contributed by atoms with Crippen LogP contribution in [0.5, 0.6) is 0 Å². The molecule has 1 heterocycles. The minimum Gasteiger partial charge on any atom is -0.353 e. The average molecular weight is 328 g/mol. The molecule has 0 bridgehead atoms. The highest BCUT2D eigenvalue weighted by atomic mass is 16.2. The van der Waals surface area contributed by atoms with Gasteiger partial charge in [-0.2, -0.15) is 0 Å². The highest BCUT2D eigenvalue weighted by Crippen LogP contribution is 2.29. The number of nitrogens with zero attached hydrogens (tertiary/aromatic N) is 1. The molecule has 4 heteroatoms. The molecule has 1 aliphatic heterocycles. The molecule has 0 aromatic heterocycles. The lowest BCUT2D eigenvalue weighted by molar-refractivity contribution is -0.127. The van der Waals surface area contributed by atoms with Gasteiger partial charge in [-0.25, -0.2) is 0 Å². The Kier molecular flexibility index (Phi) is 4.93. The number of carbonyl (C=O) groups excluding carboxylic acids is 2. The Morgan fingerprint density at radius 2 is 1.88 bits per heavy atom. The van der Waals surface area contributed by atoms with E-state index in [0.29, 0.717) is 19.0 Å². The van der Waals surface area contributed by atoms with Gasteiger partial charge in [0.1, 0.15) is 0 Å². The molecular weight excluding hydrogens is 300 g/mol. The Morgan fingerprint density at radius 3 is 2.54 bits per heavy atom. The van der Waals surface area contributed by atoms with Gasteiger partial charge in [0.05, 0.1) is 5.92 Å². The fraction of sp³-hybridized carbons (Fsp3) is 0.600. The van der Waals surface area contributed by atoms with E-state index in [1.165, 1.54) is 18.4 Å². The largest absolute Gasteiger partial charge is 0.353 e. The predicted octanol–water partition coefficient (Wildman–Crippen LogP) is 3.35. The van der Waals surface area contributed by atoms with Crippen molar-refractivity contribution in [2.75, 3.05) is 11.4 Å². The van der Waals surface area contributed by atoms with Crippen molar-refractivity contribution < 1.29 is 9.59 Å². The number of nitrogens with one attached hydrogen (secondary N) is 1. The maximum absolute atomic E-state index is 12.6. The second kappa shape index (κ2) is 6.96. The van der Waals surface area contributed by atoms with E-state index in [0.717, 1.165) is 30.0 Å². The van der Waals surface area contributed by atoms with Gasteiger partial charge in [0.15, 0.2) is 0 Å². The van der Waals surface area contributed by atoms with E-state index in [9.17, 15) is 9.59 Å². The molecule has 2 fully saturated rings. The van der Waals surface area contributed by atoms with Crippen molar-refractivity contribution in [3.8, 4) is 0 Å². The van der Waals surface area contributed by atoms with Crippen LogP contribution in [0.2, 0.25) is 0 Å². The van der Waals surface area contributed by atoms with Crippen molar-refractivity contribution in [3.05, 3.63) is 29.3 Å². The van der Waals surface area contributed by atoms with Crippen LogP contribution in [0.1, 0.15) is 50.2 Å². The fourth-order valence-corrected chi connectivity index (χ4v) is 3.95. The summed E-state index contributed by atoms with van der Waals surface area (Å²) in [6.07, 6.45) is 4.82. The molecule has 1 saturated carbocycles. The van der Waals surface area contributed by atoms with Crippen molar-refractivity contribution in [3.63, 3.8) is 0 Å². The SMILES string of the molecule is Cc1ccc(N2C[C@@H](C(=O)NC3CCC(C)CC3)CC2=O)c(C)c1. The molecule has 130 valence electrons. The van der Waals surface area contributed by atoms with Crippen molar-refractivity contribution in [1.29, 1.82) is 0 Å². The molecule has 1 saturated heterocycles. The molecule has 0 unspecified atom stereocenters. The number of amides is 2. The zero-order chi connectivity index (χ0) is 17.3. The minimum atomic E-state index is -0.224. The Labute approximate surface area is 144 Å². The number of hydrogen-bond acceptors (Lipinski definition) is 2. The van der Waals surface area contributed by atoms with Crippen molar-refractivity contribution >= 4 is 17.5 Å². The third-order valence-corrected chi connectivity index (χ3v) is 5.50. The maximum atomic E-state index is 12.6. The summed E-state index contributed by atoms with van der Waals surface area (Å²) in [6.45, 7) is 6.84. The molecular formula is C20H28N2O2. The number of anilines is 1. The van der Waals surface area contributed by atoms with Gasteiger partial charge in [0.2, 0.25) is 11.8 Å². The van der Waals surface area contributed by atoms with Gasteiger partial charge >= 0.3 is 0 Å². The highest BCUT2D eigenvalue weighted by Gasteiger charge is 2.36. The number of carbonyl (C=O) groups is 2. The van der Waals surface area contributed by atoms with E-state index in [4.69, 9.17) is 0 Å². The molecule has 4 nitrogen and oxygen atoms in total. The lowest BCUT2D eigenvalue weighted by Crippen LogP contribution is -2.41. The fourth-order valence-electron chi connectivity index (χ4n) is 3.95. The molecule has 1 aliphatic carbocycles. The molecule has 2 amide bonds. The van der Waals surface area contributed by atoms with E-state index in [1.54, 1.807) is 4.90 Å². The quantitative estimate of drug-likeness (QED) is 0.925. The maximum Gasteiger partial charge on any atom is 0.227 e. The van der Waals surface area contributed by atoms with Crippen LogP contribution in [0.3, 0.4) is 0 Å². The van der Waals surface area contributed by atoms with E-state index >= 15 is 0 Å². The Bertz CT molecular complexity index is 633. The van der Waals surface area contributed by atoms with Crippen LogP contribution in [-0.4, -0.2) is 24.4 Å². The zero-order valence-corrected chi connectivity index (χ0v) is 15.0. The van der Waals surface area contributed by atoms with Gasteiger partial charge < -0.3 is 10.2 Å². The van der Waals surface area contributed by atoms with Crippen molar-refractivity contribution in [2.24, 2.45) is 11.8 Å². The van der Waals surface area contributed by atoms with Crippen LogP contribution in [0, 0.1) is 25.7 Å². The van der Waals surface area contributed by atoms with E-state index < -0.39 is 0 Å². The number of benzene rings is 1. The van der Waals surface area contributed by atoms with Gasteiger partial charge in [0.25, 0.3) is 0 Å². The first-order valence-electron chi connectivity index (χ1n) is 9.12. The smallest absolute Gasteiger partial charge is 0.227 e. The Morgan fingerprint density at radius 1 is 1.17 bits per heavy atom. The van der Waals surface area contributed by atoms with Crippen molar-refractivity contribution in [1.82, 2.24) is 5.32 Å². The first-order valence-corrected chi connectivity index (χ1v) is 9.12. The summed E-state index contributed by atoms with van der Waals surface area (Å²) in [7, 11) is 0. The third kappa shape index (κ3) is 3.63. The highest BCUT2D eigenvalue weighted by molar-refractivity contribution is 6.00. The normalized spacial score (nSPS) is 27.4. The first kappa shape index (κ1) is 17.0. The van der Waals surface area contributed by atoms with E-state index in [2.05, 4.69) is 18.3 Å². The van der Waals surface area contributed by atoms with Crippen LogP contribution >= 0.6 is 0 Å². The predicted molar refractivity (Wildman–Crippen MR) is 95.9 cm³/mol. The Hall–Kier alpha value is -1.84. The van der Waals surface area contributed by atoms with Gasteiger partial charge in [-0.1, -0.05) is 24.6 Å². The van der Waals surface area contributed by atoms with Gasteiger partial charge in [-0.15, -0.1) is 0 Å². The molecule has 24 heavy (non-hydrogen) atoms. The van der Waals surface area contributed by atoms with Crippen LogP contribution in [0.25, 0.3) is 0 Å². The second-order valence-corrected chi connectivity index (χ2v) is 7.66. The van der Waals surface area contributed by atoms with Crippen LogP contribution in [-0.2, 0) is 9.59 Å². The summed E-state index contributed by atoms with van der Waals surface area (Å²) in [4.78, 5) is 26.8. The standard InChI is InChI=1S/C20H28N2O2/c1-13-4-7-17(8-5-13)21-20(24)16-11-19(23)22(12-16)18-9-6-14(2)10-15(18)3/h6,9-10,13,16-17H,4-5,7-8,11-12H2,1-3H3,(H,21,24)/t13?,16-,17?/m0/s1. The molecule has 1 aromatic rings. The summed E-state index contributed by atoms with van der Waals surface area (Å²) in [6, 6.07) is 6.38. The van der Waals surface area contributed by atoms with Crippen LogP contribution in [0.15, 0.2) is 18.2 Å². The van der Waals surface area contributed by atoms with E-state index in [1.807, 2.05) is 26.0 Å². The topological polar surface area (TPSA) is 49.4 Å². The zero-order valence-electron chi connectivity index (χ0n) is 15.0. The minimum absolute atomic E-state index is 0.0511. The van der Waals surface area contributed by atoms with Gasteiger partial charge in [0, 0.05) is 24.7 Å². The van der Waals surface area contributed by atoms with Crippen LogP contribution in [0.4, 0.5) is 5.69 Å². The van der Waals surface area contributed by atoms with Crippen molar-refractivity contribution in [2.45, 2.75) is 58.9 Å². The number of hydrogen-bond donors (Lipinski definition) is 1. The number of aryl methyl sites for hydroxylation is 2. The molecule has 1 aromatic carbocycles. The number of rotatable bonds is 3. The molecule has 0 spiro atoms. The van der Waals surface area contributed by atoms with Gasteiger partial charge in [-0.3, -0.25) is 9.59 Å². The average Bonchev–Trinajstić information content (AvgIpc) is 2.91. The lowest BCUT2D eigenvalue weighted by atomic mass is 9.87. The molecule has 0 radical (unpaired) electrons. The summed E-state index contributed by atoms with van der Waals surface area (Å²) < 4.78 is 0. The van der Waals surface area contributed by atoms with Crippen LogP contribution < -0.4 is 10.2 Å². The molecule has 1 N–H and O–H groups in total. The molecule has 2 aliphatic rings. The summed E-state index contributed by atoms with van der Waals surface area (Å²) >= 11 is 0. The van der Waals surface area contributed by atoms with E-state index in [-0.39, 0.29) is 17.7 Å². The third-order valence-electron chi connectivity index (χ3n) is 5.50. The summed E-state index contributed by atoms with van der Waals surface area (Å²) in [5, 5.41) is 3.18. The Balaban J connectivity index is 1.62. The summed E-state index contributed by atoms with van der Waals surface area (Å²) in [5.74, 6) is 0.651. The summed E-state index contributed by atoms with van der Waals surface area (Å²) in [5.41, 5.74) is 3.21. The van der Waals surface area contributed by atoms with Gasteiger partial charge in [-0.05, 0) is 57.1 Å². The lowest BCUT2D eigenvalue weighted by Gasteiger charge is -2.28. The first-order chi connectivity index (χ1) is 11.4. The monoisotopic (exact) mass is 328 g/mol. The second-order valence-electron chi connectivity index (χ2n) is 7.66.